The van der Waals surface area contributed by atoms with E-state index < -0.39 is 0 Å². The zero-order valence-electron chi connectivity index (χ0n) is 22.0. The lowest BCUT2D eigenvalue weighted by atomic mass is 10.0. The van der Waals surface area contributed by atoms with Crippen LogP contribution in [0.25, 0.3) is 39.6 Å². The molecule has 0 atom stereocenters. The van der Waals surface area contributed by atoms with Crippen molar-refractivity contribution in [2.45, 2.75) is 6.92 Å². The third kappa shape index (κ3) is 4.67. The molecule has 3 nitrogen and oxygen atoms in total. The van der Waals surface area contributed by atoms with Gasteiger partial charge >= 0.3 is 0 Å². The molecule has 0 saturated heterocycles. The van der Waals surface area contributed by atoms with E-state index in [9.17, 15) is 4.79 Å². The summed E-state index contributed by atoms with van der Waals surface area (Å²) in [7, 11) is 0. The van der Waals surface area contributed by atoms with E-state index in [1.165, 1.54) is 0 Å². The number of nitrogens with zero attached hydrogens (tertiary/aromatic N) is 2. The van der Waals surface area contributed by atoms with E-state index in [0.717, 1.165) is 44.9 Å². The maximum absolute atomic E-state index is 13.9. The SMILES string of the molecule is C=C/C=C(\C=C)N(c1ccc(/C=C\C)c(C=C)c1)c1ccc2c(c1)c(=O)c1ccccc1n2-c1ccccc1. The summed E-state index contributed by atoms with van der Waals surface area (Å²) in [5.74, 6) is 0. The van der Waals surface area contributed by atoms with Crippen molar-refractivity contribution >= 4 is 45.3 Å². The molecular formula is C36H30N2O. The lowest BCUT2D eigenvalue weighted by molar-refractivity contribution is 1.16. The molecule has 3 heteroatoms. The molecule has 0 bridgehead atoms. The summed E-state index contributed by atoms with van der Waals surface area (Å²) in [6.45, 7) is 14.0. The highest BCUT2D eigenvalue weighted by atomic mass is 16.1. The molecule has 1 aromatic heterocycles. The highest BCUT2D eigenvalue weighted by Crippen LogP contribution is 2.35. The van der Waals surface area contributed by atoms with Gasteiger partial charge in [0, 0.05) is 33.5 Å². The average molecular weight is 507 g/mol. The van der Waals surface area contributed by atoms with Crippen molar-refractivity contribution < 1.29 is 0 Å². The van der Waals surface area contributed by atoms with Gasteiger partial charge in [0.15, 0.2) is 5.43 Å². The summed E-state index contributed by atoms with van der Waals surface area (Å²) in [6.07, 6.45) is 11.4. The molecule has 0 aliphatic carbocycles. The third-order valence-corrected chi connectivity index (χ3v) is 6.78. The van der Waals surface area contributed by atoms with Gasteiger partial charge in [-0.3, -0.25) is 4.79 Å². The summed E-state index contributed by atoms with van der Waals surface area (Å²) in [5.41, 5.74) is 7.41. The monoisotopic (exact) mass is 506 g/mol. The molecule has 0 N–H and O–H groups in total. The van der Waals surface area contributed by atoms with Gasteiger partial charge in [-0.25, -0.2) is 0 Å². The van der Waals surface area contributed by atoms with E-state index in [-0.39, 0.29) is 5.43 Å². The quantitative estimate of drug-likeness (QED) is 0.155. The number of anilines is 2. The van der Waals surface area contributed by atoms with Gasteiger partial charge < -0.3 is 9.47 Å². The Morgan fingerprint density at radius 1 is 0.769 bits per heavy atom. The maximum atomic E-state index is 13.9. The molecule has 5 rings (SSSR count). The van der Waals surface area contributed by atoms with E-state index in [1.54, 1.807) is 12.2 Å². The van der Waals surface area contributed by atoms with Crippen LogP contribution in [0.5, 0.6) is 0 Å². The second kappa shape index (κ2) is 11.1. The first-order chi connectivity index (χ1) is 19.1. The van der Waals surface area contributed by atoms with Crippen LogP contribution in [-0.2, 0) is 0 Å². The molecule has 0 amide bonds. The number of rotatable bonds is 8. The number of hydrogen-bond donors (Lipinski definition) is 0. The molecule has 5 aromatic rings. The Bertz CT molecular complexity index is 1840. The average Bonchev–Trinajstić information content (AvgIpc) is 2.98. The van der Waals surface area contributed by atoms with Gasteiger partial charge in [0.2, 0.25) is 0 Å². The van der Waals surface area contributed by atoms with Crippen molar-refractivity contribution in [1.29, 1.82) is 0 Å². The molecule has 1 heterocycles. The summed E-state index contributed by atoms with van der Waals surface area (Å²) >= 11 is 0. The number of aromatic nitrogens is 1. The topological polar surface area (TPSA) is 25.2 Å². The predicted molar refractivity (Wildman–Crippen MR) is 169 cm³/mol. The number of pyridine rings is 1. The number of allylic oxidation sites excluding steroid dienone is 4. The van der Waals surface area contributed by atoms with E-state index in [0.29, 0.717) is 10.8 Å². The number of hydrogen-bond acceptors (Lipinski definition) is 2. The fourth-order valence-corrected chi connectivity index (χ4v) is 5.04. The minimum Gasteiger partial charge on any atom is -0.310 e. The van der Waals surface area contributed by atoms with Crippen molar-refractivity contribution in [3.8, 4) is 5.69 Å². The molecule has 0 spiro atoms. The lowest BCUT2D eigenvalue weighted by Crippen LogP contribution is -2.17. The van der Waals surface area contributed by atoms with Crippen LogP contribution in [0.3, 0.4) is 0 Å². The number of fused-ring (bicyclic) bond motifs is 2. The lowest BCUT2D eigenvalue weighted by Gasteiger charge is -2.27. The van der Waals surface area contributed by atoms with E-state index in [2.05, 4.69) is 65.6 Å². The smallest absolute Gasteiger partial charge is 0.197 e. The van der Waals surface area contributed by atoms with Gasteiger partial charge in [0.25, 0.3) is 0 Å². The molecule has 0 aliphatic heterocycles. The number of benzene rings is 4. The molecule has 0 aliphatic rings. The second-order valence-electron chi connectivity index (χ2n) is 9.10. The minimum atomic E-state index is -0.00218. The van der Waals surface area contributed by atoms with Crippen LogP contribution in [0.4, 0.5) is 11.4 Å². The van der Waals surface area contributed by atoms with Crippen LogP contribution >= 0.6 is 0 Å². The van der Waals surface area contributed by atoms with Crippen LogP contribution in [0.15, 0.2) is 146 Å². The van der Waals surface area contributed by atoms with Crippen LogP contribution < -0.4 is 10.3 Å². The molecule has 4 aromatic carbocycles. The molecule has 0 radical (unpaired) electrons. The van der Waals surface area contributed by atoms with E-state index in [1.807, 2.05) is 85.8 Å². The van der Waals surface area contributed by atoms with Crippen LogP contribution in [0.2, 0.25) is 0 Å². The summed E-state index contributed by atoms with van der Waals surface area (Å²) in [5, 5.41) is 1.31. The Labute approximate surface area is 229 Å². The zero-order chi connectivity index (χ0) is 27.4. The zero-order valence-corrected chi connectivity index (χ0v) is 22.0. The van der Waals surface area contributed by atoms with Gasteiger partial charge in [-0.1, -0.05) is 80.4 Å². The van der Waals surface area contributed by atoms with Crippen molar-refractivity contribution in [2.75, 3.05) is 4.90 Å². The Hall–Kier alpha value is -5.15. The van der Waals surface area contributed by atoms with E-state index in [4.69, 9.17) is 0 Å². The van der Waals surface area contributed by atoms with Gasteiger partial charge in [0.05, 0.1) is 11.0 Å². The van der Waals surface area contributed by atoms with Gasteiger partial charge in [-0.2, -0.15) is 0 Å². The summed E-state index contributed by atoms with van der Waals surface area (Å²) < 4.78 is 2.15. The standard InChI is InChI=1S/C36H30N2O/c1-5-14-27-20-21-30(24-26(27)7-3)37(28(8-4)15-6-2)31-22-23-35-33(25-31)36(39)32-18-12-13-19-34(32)38(35)29-16-10-9-11-17-29/h5-25H,2-4H2,1H3/b14-5-,28-15+. The van der Waals surface area contributed by atoms with E-state index >= 15 is 0 Å². The van der Waals surface area contributed by atoms with Crippen LogP contribution in [0, 0.1) is 0 Å². The second-order valence-corrected chi connectivity index (χ2v) is 9.10. The minimum absolute atomic E-state index is 0.00218. The Balaban J connectivity index is 1.82. The summed E-state index contributed by atoms with van der Waals surface area (Å²) in [6, 6.07) is 30.2. The van der Waals surface area contributed by atoms with Crippen molar-refractivity contribution in [1.82, 2.24) is 4.57 Å². The van der Waals surface area contributed by atoms with Gasteiger partial charge in [-0.15, -0.1) is 0 Å². The van der Waals surface area contributed by atoms with Crippen LogP contribution in [-0.4, -0.2) is 4.57 Å². The first-order valence-electron chi connectivity index (χ1n) is 12.9. The molecular weight excluding hydrogens is 476 g/mol. The molecule has 39 heavy (non-hydrogen) atoms. The molecule has 0 saturated carbocycles. The highest BCUT2D eigenvalue weighted by Gasteiger charge is 2.18. The first kappa shape index (κ1) is 25.5. The fraction of sp³-hybridized carbons (Fsp3) is 0.0278. The van der Waals surface area contributed by atoms with Crippen molar-refractivity contribution in [3.05, 3.63) is 162 Å². The Kier molecular flexibility index (Phi) is 7.24. The van der Waals surface area contributed by atoms with Gasteiger partial charge in [0.1, 0.15) is 0 Å². The Morgan fingerprint density at radius 2 is 1.46 bits per heavy atom. The molecule has 190 valence electrons. The maximum Gasteiger partial charge on any atom is 0.197 e. The third-order valence-electron chi connectivity index (χ3n) is 6.78. The van der Waals surface area contributed by atoms with Gasteiger partial charge in [-0.05, 0) is 84.8 Å². The largest absolute Gasteiger partial charge is 0.310 e. The highest BCUT2D eigenvalue weighted by molar-refractivity contribution is 5.97. The van der Waals surface area contributed by atoms with Crippen molar-refractivity contribution in [3.63, 3.8) is 0 Å². The summed E-state index contributed by atoms with van der Waals surface area (Å²) in [4.78, 5) is 15.9. The fourth-order valence-electron chi connectivity index (χ4n) is 5.04. The van der Waals surface area contributed by atoms with Crippen LogP contribution in [0.1, 0.15) is 18.1 Å². The molecule has 0 fully saturated rings. The molecule has 0 unspecified atom stereocenters. The predicted octanol–water partition coefficient (Wildman–Crippen LogP) is 9.21. The number of para-hydroxylation sites is 2. The Morgan fingerprint density at radius 3 is 2.18 bits per heavy atom. The van der Waals surface area contributed by atoms with Crippen molar-refractivity contribution in [2.24, 2.45) is 0 Å². The normalized spacial score (nSPS) is 11.7. The first-order valence-corrected chi connectivity index (χ1v) is 12.9.